The van der Waals surface area contributed by atoms with Gasteiger partial charge in [0.05, 0.1) is 22.3 Å². The van der Waals surface area contributed by atoms with Gasteiger partial charge in [-0.3, -0.25) is 9.69 Å². The van der Waals surface area contributed by atoms with E-state index in [0.717, 1.165) is 52.1 Å². The third-order valence-electron chi connectivity index (χ3n) is 10.6. The smallest absolute Gasteiger partial charge is 0.331 e. The Morgan fingerprint density at radius 2 is 1.69 bits per heavy atom. The molecule has 2 bridgehead atoms. The van der Waals surface area contributed by atoms with Gasteiger partial charge in [-0.15, -0.1) is 0 Å². The largest absolute Gasteiger partial charge is 0.416 e. The molecule has 45 heavy (non-hydrogen) atoms. The van der Waals surface area contributed by atoms with E-state index >= 15 is 0 Å². The number of hydrogen-bond donors (Lipinski definition) is 1. The van der Waals surface area contributed by atoms with E-state index < -0.39 is 35.1 Å². The van der Waals surface area contributed by atoms with E-state index in [0.29, 0.717) is 31.9 Å². The first-order chi connectivity index (χ1) is 21.3. The van der Waals surface area contributed by atoms with Gasteiger partial charge in [0.15, 0.2) is 0 Å². The second kappa shape index (κ2) is 10.6. The lowest BCUT2D eigenvalue weighted by molar-refractivity contribution is -0.137. The van der Waals surface area contributed by atoms with Gasteiger partial charge in [0.2, 0.25) is 5.91 Å². The first-order valence-corrected chi connectivity index (χ1v) is 15.5. The lowest BCUT2D eigenvalue weighted by Crippen LogP contribution is -2.47. The maximum absolute atomic E-state index is 15.0. The van der Waals surface area contributed by atoms with E-state index in [1.54, 1.807) is 0 Å². The maximum atomic E-state index is 15.0. The normalized spacial score (nSPS) is 28.3. The number of nitrogens with one attached hydrogen (secondary N) is 1. The van der Waals surface area contributed by atoms with Crippen molar-refractivity contribution in [2.75, 3.05) is 11.9 Å². The van der Waals surface area contributed by atoms with Crippen molar-refractivity contribution >= 4 is 22.6 Å². The molecule has 3 heterocycles. The molecule has 4 atom stereocenters. The average molecular weight is 623 g/mol. The van der Waals surface area contributed by atoms with Gasteiger partial charge < -0.3 is 9.88 Å². The Balaban J connectivity index is 1.15. The molecule has 1 amide bonds. The van der Waals surface area contributed by atoms with Gasteiger partial charge in [-0.2, -0.15) is 13.2 Å². The van der Waals surface area contributed by atoms with Crippen LogP contribution in [-0.2, 0) is 18.0 Å². The highest BCUT2D eigenvalue weighted by atomic mass is 19.4. The minimum absolute atomic E-state index is 0.0275. The highest BCUT2D eigenvalue weighted by Crippen LogP contribution is 2.52. The third kappa shape index (κ3) is 5.30. The van der Waals surface area contributed by atoms with Crippen LogP contribution in [0.25, 0.3) is 22.2 Å². The quantitative estimate of drug-likeness (QED) is 0.229. The Hall–Kier alpha value is -3.79. The first-order valence-electron chi connectivity index (χ1n) is 15.5. The predicted octanol–water partition coefficient (Wildman–Crippen LogP) is 8.03. The van der Waals surface area contributed by atoms with Crippen molar-refractivity contribution in [1.82, 2.24) is 14.5 Å². The van der Waals surface area contributed by atoms with Crippen molar-refractivity contribution in [1.29, 1.82) is 0 Å². The van der Waals surface area contributed by atoms with Crippen LogP contribution in [0.1, 0.15) is 55.5 Å². The van der Waals surface area contributed by atoms with E-state index in [1.165, 1.54) is 0 Å². The van der Waals surface area contributed by atoms with Crippen LogP contribution in [0.15, 0.2) is 60.7 Å². The van der Waals surface area contributed by atoms with Crippen molar-refractivity contribution in [3.05, 3.63) is 83.4 Å². The zero-order chi connectivity index (χ0) is 31.8. The lowest BCUT2D eigenvalue weighted by Gasteiger charge is -2.44. The van der Waals surface area contributed by atoms with Crippen molar-refractivity contribution in [2.24, 2.45) is 18.9 Å². The molecule has 8 rings (SSSR count). The number of halogens is 5. The number of benzene rings is 3. The number of fused-ring (bicyclic) bond motifs is 2. The number of carbonyl (C=O) groups is 1. The average Bonchev–Trinajstić information content (AvgIpc) is 3.60. The molecule has 2 unspecified atom stereocenters. The molecule has 4 fully saturated rings. The number of aromatic nitrogens is 2. The highest BCUT2D eigenvalue weighted by Gasteiger charge is 2.58. The van der Waals surface area contributed by atoms with Crippen LogP contribution >= 0.6 is 0 Å². The summed E-state index contributed by atoms with van der Waals surface area (Å²) in [6, 6.07) is 16.7. The van der Waals surface area contributed by atoms with Gasteiger partial charge in [0.1, 0.15) is 17.3 Å². The molecule has 236 valence electrons. The van der Waals surface area contributed by atoms with Gasteiger partial charge in [-0.05, 0) is 91.5 Å². The number of hydrogen-bond acceptors (Lipinski definition) is 3. The molecule has 2 saturated carbocycles. The van der Waals surface area contributed by atoms with Gasteiger partial charge >= 0.3 is 6.18 Å². The molecule has 1 N–H and O–H groups in total. The topological polar surface area (TPSA) is 50.2 Å². The molecule has 5 nitrogen and oxygen atoms in total. The number of alkyl halides is 4. The summed E-state index contributed by atoms with van der Waals surface area (Å²) >= 11 is 0. The van der Waals surface area contributed by atoms with Crippen LogP contribution < -0.4 is 5.32 Å². The molecule has 4 aliphatic rings. The number of anilines is 1. The van der Waals surface area contributed by atoms with Gasteiger partial charge in [0.25, 0.3) is 0 Å². The standard InChI is InChI=1S/C35H35F5N4O/c1-19-27(22-6-4-21(5-7-22)23-8-11-32-31(12-23)41-20(2)43(32)3)14-25(44-18-34(37)16-26(44)17-34)15-28(19)33(45)42-30-10-9-24(13-29(30)36)35(38,39)40/h4-13,19,25-28H,14-18H2,1-3H3,(H,42,45)/t19-,25+,26?,27?,28?,34?/m1/s1. The van der Waals surface area contributed by atoms with Crippen LogP contribution in [-0.4, -0.2) is 44.7 Å². The van der Waals surface area contributed by atoms with E-state index in [4.69, 9.17) is 0 Å². The van der Waals surface area contributed by atoms with E-state index in [1.807, 2.05) is 20.9 Å². The predicted molar refractivity (Wildman–Crippen MR) is 163 cm³/mol. The number of aryl methyl sites for hydroxylation is 2. The Kier molecular flexibility index (Phi) is 7.07. The zero-order valence-electron chi connectivity index (χ0n) is 25.3. The van der Waals surface area contributed by atoms with E-state index in [-0.39, 0.29) is 29.6 Å². The second-order valence-corrected chi connectivity index (χ2v) is 13.3. The highest BCUT2D eigenvalue weighted by molar-refractivity contribution is 5.93. The molecule has 2 aliphatic heterocycles. The fraction of sp³-hybridized carbons (Fsp3) is 0.429. The molecule has 0 radical (unpaired) electrons. The summed E-state index contributed by atoms with van der Waals surface area (Å²) in [6.45, 7) is 4.32. The van der Waals surface area contributed by atoms with Crippen LogP contribution in [0, 0.1) is 24.6 Å². The summed E-state index contributed by atoms with van der Waals surface area (Å²) in [5, 5.41) is 2.57. The van der Waals surface area contributed by atoms with Crippen molar-refractivity contribution in [2.45, 2.75) is 69.4 Å². The summed E-state index contributed by atoms with van der Waals surface area (Å²) in [5.41, 5.74) is 2.56. The number of amides is 1. The fourth-order valence-electron chi connectivity index (χ4n) is 7.92. The molecule has 2 saturated heterocycles. The molecular formula is C35H35F5N4O. The Morgan fingerprint density at radius 3 is 2.33 bits per heavy atom. The van der Waals surface area contributed by atoms with Gasteiger partial charge in [-0.1, -0.05) is 37.3 Å². The Labute approximate surface area is 258 Å². The Morgan fingerprint density at radius 1 is 0.978 bits per heavy atom. The van der Waals surface area contributed by atoms with Gasteiger partial charge in [-0.25, -0.2) is 13.8 Å². The number of nitrogens with zero attached hydrogens (tertiary/aromatic N) is 3. The molecule has 4 aromatic rings. The van der Waals surface area contributed by atoms with Crippen LogP contribution in [0.5, 0.6) is 0 Å². The SMILES string of the molecule is Cc1nc2cc(-c3ccc(C4C[C@H](N5CC6(F)CC5C6)CC(C(=O)Nc5ccc(C(F)(F)F)cc5F)[C@@H]4C)cc3)ccc2n1C. The number of rotatable bonds is 5. The van der Waals surface area contributed by atoms with Crippen molar-refractivity contribution in [3.8, 4) is 11.1 Å². The van der Waals surface area contributed by atoms with Crippen LogP contribution in [0.3, 0.4) is 0 Å². The minimum Gasteiger partial charge on any atom is -0.331 e. The molecule has 0 spiro atoms. The van der Waals surface area contributed by atoms with Crippen molar-refractivity contribution in [3.63, 3.8) is 0 Å². The van der Waals surface area contributed by atoms with Gasteiger partial charge in [0, 0.05) is 31.6 Å². The van der Waals surface area contributed by atoms with Crippen LogP contribution in [0.2, 0.25) is 0 Å². The summed E-state index contributed by atoms with van der Waals surface area (Å²) in [7, 11) is 1.99. The summed E-state index contributed by atoms with van der Waals surface area (Å²) in [6.07, 6.45) is -2.45. The zero-order valence-corrected chi connectivity index (χ0v) is 25.3. The number of carbonyl (C=O) groups excluding carboxylic acids is 1. The minimum atomic E-state index is -4.69. The molecule has 1 aromatic heterocycles. The monoisotopic (exact) mass is 622 g/mol. The third-order valence-corrected chi connectivity index (χ3v) is 10.6. The van der Waals surface area contributed by atoms with E-state index in [2.05, 4.69) is 62.2 Å². The first kappa shape index (κ1) is 29.9. The second-order valence-electron chi connectivity index (χ2n) is 13.3. The number of imidazole rings is 1. The summed E-state index contributed by atoms with van der Waals surface area (Å²) in [5.74, 6) is -1.35. The molecule has 3 aromatic carbocycles. The maximum Gasteiger partial charge on any atom is 0.416 e. The van der Waals surface area contributed by atoms with Crippen molar-refractivity contribution < 1.29 is 26.7 Å². The van der Waals surface area contributed by atoms with Crippen LogP contribution in [0.4, 0.5) is 27.6 Å². The van der Waals surface area contributed by atoms with E-state index in [9.17, 15) is 26.7 Å². The summed E-state index contributed by atoms with van der Waals surface area (Å²) in [4.78, 5) is 20.5. The molecule has 2 aliphatic carbocycles. The summed E-state index contributed by atoms with van der Waals surface area (Å²) < 4.78 is 70.9. The fourth-order valence-corrected chi connectivity index (χ4v) is 7.92. The molecular weight excluding hydrogens is 587 g/mol. The lowest BCUT2D eigenvalue weighted by atomic mass is 9.67. The molecule has 10 heteroatoms. The Bertz CT molecular complexity index is 1780.